The first-order valence-corrected chi connectivity index (χ1v) is 7.93. The molecule has 1 heterocycles. The lowest BCUT2D eigenvalue weighted by atomic mass is 10.1. The van der Waals surface area contributed by atoms with Crippen molar-refractivity contribution >= 4 is 16.9 Å². The maximum absolute atomic E-state index is 13.7. The number of esters is 1. The van der Waals surface area contributed by atoms with Gasteiger partial charge in [0.1, 0.15) is 23.3 Å². The molecule has 134 valence electrons. The van der Waals surface area contributed by atoms with E-state index in [-0.39, 0.29) is 24.1 Å². The number of carbonyl (C=O) groups excluding carboxylic acids is 1. The lowest BCUT2D eigenvalue weighted by Crippen LogP contribution is -2.26. The van der Waals surface area contributed by atoms with Crippen LogP contribution in [0, 0.1) is 11.6 Å². The summed E-state index contributed by atoms with van der Waals surface area (Å²) in [4.78, 5) is 24.3. The van der Waals surface area contributed by atoms with Crippen LogP contribution in [-0.2, 0) is 16.1 Å². The van der Waals surface area contributed by atoms with Crippen molar-refractivity contribution < 1.29 is 18.3 Å². The van der Waals surface area contributed by atoms with Gasteiger partial charge in [-0.25, -0.2) is 13.5 Å². The molecule has 0 aliphatic rings. The van der Waals surface area contributed by atoms with Gasteiger partial charge in [0.25, 0.3) is 5.56 Å². The van der Waals surface area contributed by atoms with Crippen LogP contribution in [0.25, 0.3) is 10.9 Å². The zero-order valence-electron chi connectivity index (χ0n) is 13.9. The average molecular weight is 359 g/mol. The summed E-state index contributed by atoms with van der Waals surface area (Å²) >= 11 is 0. The van der Waals surface area contributed by atoms with Crippen LogP contribution < -0.4 is 5.56 Å². The Labute approximate surface area is 147 Å². The third kappa shape index (κ3) is 3.58. The van der Waals surface area contributed by atoms with Gasteiger partial charge < -0.3 is 4.74 Å². The Morgan fingerprint density at radius 2 is 1.85 bits per heavy atom. The summed E-state index contributed by atoms with van der Waals surface area (Å²) in [6.45, 7) is 1.32. The maximum Gasteiger partial charge on any atom is 0.308 e. The van der Waals surface area contributed by atoms with Crippen LogP contribution in [0.4, 0.5) is 8.78 Å². The van der Waals surface area contributed by atoms with Crippen molar-refractivity contribution in [2.24, 2.45) is 0 Å². The van der Waals surface area contributed by atoms with Gasteiger partial charge in [-0.3, -0.25) is 9.59 Å². The van der Waals surface area contributed by atoms with E-state index in [2.05, 4.69) is 10.3 Å². The average Bonchev–Trinajstić information content (AvgIpc) is 2.61. The number of aromatic nitrogens is 3. The first-order chi connectivity index (χ1) is 12.5. The highest BCUT2D eigenvalue weighted by Gasteiger charge is 2.20. The summed E-state index contributed by atoms with van der Waals surface area (Å²) in [6.07, 6.45) is -1.28. The first-order valence-electron chi connectivity index (χ1n) is 7.93. The van der Waals surface area contributed by atoms with Crippen LogP contribution in [0.3, 0.4) is 0 Å². The number of hydrogen-bond acceptors (Lipinski definition) is 5. The van der Waals surface area contributed by atoms with Crippen LogP contribution in [0.5, 0.6) is 0 Å². The van der Waals surface area contributed by atoms with Gasteiger partial charge in [-0.05, 0) is 31.2 Å². The molecule has 0 aliphatic heterocycles. The zero-order chi connectivity index (χ0) is 18.7. The van der Waals surface area contributed by atoms with Crippen molar-refractivity contribution in [2.75, 3.05) is 0 Å². The highest BCUT2D eigenvalue weighted by molar-refractivity contribution is 5.76. The van der Waals surface area contributed by atoms with E-state index in [4.69, 9.17) is 4.74 Å². The molecule has 0 fully saturated rings. The van der Waals surface area contributed by atoms with E-state index in [0.717, 1.165) is 16.8 Å². The van der Waals surface area contributed by atoms with Crippen molar-refractivity contribution in [1.82, 2.24) is 15.0 Å². The lowest BCUT2D eigenvalue weighted by Gasteiger charge is -2.15. The molecule has 0 amide bonds. The zero-order valence-corrected chi connectivity index (χ0v) is 13.9. The van der Waals surface area contributed by atoms with Gasteiger partial charge in [0.15, 0.2) is 0 Å². The van der Waals surface area contributed by atoms with Gasteiger partial charge in [0, 0.05) is 0 Å². The molecule has 0 bridgehead atoms. The molecule has 8 heteroatoms. The van der Waals surface area contributed by atoms with Crippen molar-refractivity contribution in [3.63, 3.8) is 0 Å². The predicted octanol–water partition coefficient (Wildman–Crippen LogP) is 2.76. The third-order valence-electron chi connectivity index (χ3n) is 3.87. The second-order valence-corrected chi connectivity index (χ2v) is 5.65. The molecule has 1 aromatic heterocycles. The van der Waals surface area contributed by atoms with E-state index in [1.54, 1.807) is 24.3 Å². The third-order valence-corrected chi connectivity index (χ3v) is 3.87. The summed E-state index contributed by atoms with van der Waals surface area (Å²) < 4.78 is 33.5. The standard InChI is InChI=1S/C18H15F2N3O3/c1-11(17-13(19)6-4-7-14(17)20)26-16(24)9-10-23-18(25)12-5-2-3-8-15(12)21-22-23/h2-8,11H,9-10H2,1H3/t11-/m0/s1. The number of nitrogens with zero attached hydrogens (tertiary/aromatic N) is 3. The SMILES string of the molecule is C[C@H](OC(=O)CCn1nnc2ccccc2c1=O)c1c(F)cccc1F. The topological polar surface area (TPSA) is 74.1 Å². The van der Waals surface area contributed by atoms with Gasteiger partial charge in [0.2, 0.25) is 0 Å². The molecule has 0 saturated carbocycles. The van der Waals surface area contributed by atoms with E-state index >= 15 is 0 Å². The summed E-state index contributed by atoms with van der Waals surface area (Å²) in [5, 5.41) is 8.07. The number of aryl methyl sites for hydroxylation is 1. The molecule has 0 N–H and O–H groups in total. The van der Waals surface area contributed by atoms with Crippen LogP contribution >= 0.6 is 0 Å². The summed E-state index contributed by atoms with van der Waals surface area (Å²) in [5.74, 6) is -2.29. The van der Waals surface area contributed by atoms with E-state index in [0.29, 0.717) is 10.9 Å². The molecule has 0 aliphatic carbocycles. The van der Waals surface area contributed by atoms with E-state index in [1.807, 2.05) is 0 Å². The van der Waals surface area contributed by atoms with Gasteiger partial charge >= 0.3 is 5.97 Å². The van der Waals surface area contributed by atoms with Gasteiger partial charge in [-0.15, -0.1) is 5.10 Å². The second kappa shape index (κ2) is 7.38. The summed E-state index contributed by atoms with van der Waals surface area (Å²) in [7, 11) is 0. The fraction of sp³-hybridized carbons (Fsp3) is 0.222. The molecule has 0 radical (unpaired) electrons. The molecule has 2 aromatic carbocycles. The molecule has 0 unspecified atom stereocenters. The van der Waals surface area contributed by atoms with Crippen LogP contribution in [0.1, 0.15) is 25.0 Å². The monoisotopic (exact) mass is 359 g/mol. The van der Waals surface area contributed by atoms with Crippen molar-refractivity contribution in [3.05, 3.63) is 70.0 Å². The highest BCUT2D eigenvalue weighted by Crippen LogP contribution is 2.23. The molecular weight excluding hydrogens is 344 g/mol. The van der Waals surface area contributed by atoms with Crippen molar-refractivity contribution in [3.8, 4) is 0 Å². The van der Waals surface area contributed by atoms with E-state index < -0.39 is 23.7 Å². The van der Waals surface area contributed by atoms with Gasteiger partial charge in [0.05, 0.1) is 23.9 Å². The molecule has 0 saturated heterocycles. The van der Waals surface area contributed by atoms with Crippen molar-refractivity contribution in [2.45, 2.75) is 26.0 Å². The Balaban J connectivity index is 1.68. The van der Waals surface area contributed by atoms with Gasteiger partial charge in [-0.2, -0.15) is 0 Å². The number of halogens is 2. The summed E-state index contributed by atoms with van der Waals surface area (Å²) in [5.41, 5.74) is -0.236. The predicted molar refractivity (Wildman–Crippen MR) is 89.3 cm³/mol. The molecular formula is C18H15F2N3O3. The van der Waals surface area contributed by atoms with Crippen molar-refractivity contribution in [1.29, 1.82) is 0 Å². The Hall–Kier alpha value is -3.16. The fourth-order valence-electron chi connectivity index (χ4n) is 2.58. The van der Waals surface area contributed by atoms with E-state index in [1.165, 1.54) is 13.0 Å². The molecule has 1 atom stereocenters. The lowest BCUT2D eigenvalue weighted by molar-refractivity contribution is -0.149. The van der Waals surface area contributed by atoms with Gasteiger partial charge in [-0.1, -0.05) is 23.4 Å². The van der Waals surface area contributed by atoms with Crippen LogP contribution in [-0.4, -0.2) is 21.0 Å². The van der Waals surface area contributed by atoms with Crippen LogP contribution in [0.2, 0.25) is 0 Å². The Bertz CT molecular complexity index is 1000. The smallest absolute Gasteiger partial charge is 0.308 e. The van der Waals surface area contributed by atoms with Crippen LogP contribution in [0.15, 0.2) is 47.3 Å². The minimum atomic E-state index is -1.09. The minimum absolute atomic E-state index is 0.0536. The van der Waals surface area contributed by atoms with E-state index in [9.17, 15) is 18.4 Å². The largest absolute Gasteiger partial charge is 0.457 e. The maximum atomic E-state index is 13.7. The Kier molecular flexibility index (Phi) is 5.01. The number of hydrogen-bond donors (Lipinski definition) is 0. The Morgan fingerprint density at radius 1 is 1.15 bits per heavy atom. The second-order valence-electron chi connectivity index (χ2n) is 5.65. The first kappa shape index (κ1) is 17.7. The highest BCUT2D eigenvalue weighted by atomic mass is 19.1. The summed E-state index contributed by atoms with van der Waals surface area (Å²) in [6, 6.07) is 10.1. The number of fused-ring (bicyclic) bond motifs is 1. The number of carbonyl (C=O) groups is 1. The molecule has 0 spiro atoms. The number of benzene rings is 2. The normalized spacial score (nSPS) is 12.1. The Morgan fingerprint density at radius 3 is 2.58 bits per heavy atom. The minimum Gasteiger partial charge on any atom is -0.457 e. The fourth-order valence-corrected chi connectivity index (χ4v) is 2.58. The molecule has 3 aromatic rings. The molecule has 26 heavy (non-hydrogen) atoms. The molecule has 3 rings (SSSR count). The number of ether oxygens (including phenoxy) is 1. The quantitative estimate of drug-likeness (QED) is 0.655. The number of rotatable bonds is 5. The molecule has 6 nitrogen and oxygen atoms in total.